The number of fused-ring (bicyclic) bond motifs is 1. The van der Waals surface area contributed by atoms with E-state index in [1.807, 2.05) is 48.5 Å². The van der Waals surface area contributed by atoms with Gasteiger partial charge in [-0.15, -0.1) is 0 Å². The molecule has 3 aromatic rings. The summed E-state index contributed by atoms with van der Waals surface area (Å²) in [7, 11) is 1.63. The normalized spacial score (nSPS) is 20.6. The van der Waals surface area contributed by atoms with E-state index in [9.17, 15) is 10.2 Å². The highest BCUT2D eigenvalue weighted by Crippen LogP contribution is 2.45. The average Bonchev–Trinajstić information content (AvgIpc) is 2.86. The number of rotatable bonds is 5. The molecule has 0 saturated carbocycles. The lowest BCUT2D eigenvalue weighted by molar-refractivity contribution is -0.0588. The van der Waals surface area contributed by atoms with E-state index < -0.39 is 12.2 Å². The number of methoxy groups -OCH3 is 1. The highest BCUT2D eigenvalue weighted by Gasteiger charge is 2.43. The molecule has 2 aliphatic heterocycles. The van der Waals surface area contributed by atoms with Gasteiger partial charge >= 0.3 is 0 Å². The summed E-state index contributed by atoms with van der Waals surface area (Å²) < 4.78 is 11.7. The molecule has 0 radical (unpaired) electrons. The van der Waals surface area contributed by atoms with Gasteiger partial charge in [0.15, 0.2) is 0 Å². The van der Waals surface area contributed by atoms with Crippen molar-refractivity contribution in [2.24, 2.45) is 0 Å². The third-order valence-electron chi connectivity index (χ3n) is 7.07. The van der Waals surface area contributed by atoms with E-state index in [0.29, 0.717) is 13.0 Å². The van der Waals surface area contributed by atoms with Gasteiger partial charge in [0.25, 0.3) is 0 Å². The number of aliphatic hydroxyl groups excluding tert-OH is 2. The van der Waals surface area contributed by atoms with E-state index in [1.165, 1.54) is 5.56 Å². The van der Waals surface area contributed by atoms with Gasteiger partial charge in [0.05, 0.1) is 19.3 Å². The molecule has 5 heteroatoms. The Kier molecular flexibility index (Phi) is 6.11. The summed E-state index contributed by atoms with van der Waals surface area (Å²) in [5.41, 5.74) is 3.71. The van der Waals surface area contributed by atoms with Crippen LogP contribution in [-0.4, -0.2) is 47.5 Å². The Bertz CT molecular complexity index is 1070. The van der Waals surface area contributed by atoms with Crippen LogP contribution in [0.25, 0.3) is 11.1 Å². The lowest BCUT2D eigenvalue weighted by atomic mass is 9.81. The predicted molar refractivity (Wildman–Crippen MR) is 128 cm³/mol. The van der Waals surface area contributed by atoms with Gasteiger partial charge in [-0.05, 0) is 47.7 Å². The van der Waals surface area contributed by atoms with Gasteiger partial charge in [-0.2, -0.15) is 0 Å². The van der Waals surface area contributed by atoms with Crippen LogP contribution in [0.3, 0.4) is 0 Å². The molecule has 33 heavy (non-hydrogen) atoms. The Morgan fingerprint density at radius 1 is 1.00 bits per heavy atom. The van der Waals surface area contributed by atoms with Crippen molar-refractivity contribution in [3.63, 3.8) is 0 Å². The van der Waals surface area contributed by atoms with E-state index in [-0.39, 0.29) is 5.60 Å². The second kappa shape index (κ2) is 9.18. The van der Waals surface area contributed by atoms with Crippen LogP contribution in [0, 0.1) is 0 Å². The van der Waals surface area contributed by atoms with Crippen molar-refractivity contribution >= 4 is 0 Å². The van der Waals surface area contributed by atoms with Crippen molar-refractivity contribution in [2.45, 2.75) is 37.1 Å². The zero-order chi connectivity index (χ0) is 22.8. The molecule has 172 valence electrons. The van der Waals surface area contributed by atoms with Gasteiger partial charge in [-0.1, -0.05) is 54.6 Å². The predicted octanol–water partition coefficient (Wildman–Crippen LogP) is 4.75. The zero-order valence-corrected chi connectivity index (χ0v) is 19.0. The van der Waals surface area contributed by atoms with Crippen molar-refractivity contribution in [1.82, 2.24) is 4.90 Å². The second-order valence-corrected chi connectivity index (χ2v) is 9.21. The van der Waals surface area contributed by atoms with E-state index in [1.54, 1.807) is 7.11 Å². The van der Waals surface area contributed by atoms with Crippen molar-refractivity contribution < 1.29 is 19.7 Å². The number of hydrogen-bond acceptors (Lipinski definition) is 5. The molecule has 0 unspecified atom stereocenters. The first-order chi connectivity index (χ1) is 16.0. The monoisotopic (exact) mass is 445 g/mol. The van der Waals surface area contributed by atoms with Gasteiger partial charge in [-0.25, -0.2) is 0 Å². The van der Waals surface area contributed by atoms with Crippen LogP contribution >= 0.6 is 0 Å². The van der Waals surface area contributed by atoms with Crippen LogP contribution in [0.2, 0.25) is 0 Å². The first-order valence-electron chi connectivity index (χ1n) is 11.7. The summed E-state index contributed by atoms with van der Waals surface area (Å²) in [6, 6.07) is 24.1. The average molecular weight is 446 g/mol. The molecule has 5 nitrogen and oxygen atoms in total. The molecule has 5 rings (SSSR count). The van der Waals surface area contributed by atoms with Crippen molar-refractivity contribution in [2.75, 3.05) is 26.7 Å². The van der Waals surface area contributed by atoms with Crippen LogP contribution in [0.5, 0.6) is 11.5 Å². The third kappa shape index (κ3) is 4.62. The van der Waals surface area contributed by atoms with Gasteiger partial charge in [0.1, 0.15) is 17.1 Å². The number of ether oxygens (including phenoxy) is 2. The lowest BCUT2D eigenvalue weighted by Gasteiger charge is -2.46. The van der Waals surface area contributed by atoms with Gasteiger partial charge in [0.2, 0.25) is 0 Å². The van der Waals surface area contributed by atoms with Crippen LogP contribution in [-0.2, 0) is 0 Å². The molecule has 2 atom stereocenters. The van der Waals surface area contributed by atoms with E-state index >= 15 is 0 Å². The highest BCUT2D eigenvalue weighted by molar-refractivity contribution is 5.63. The Morgan fingerprint density at radius 2 is 1.70 bits per heavy atom. The van der Waals surface area contributed by atoms with Crippen LogP contribution in [0.15, 0.2) is 72.8 Å². The van der Waals surface area contributed by atoms with Crippen molar-refractivity contribution in [3.05, 3.63) is 83.9 Å². The van der Waals surface area contributed by atoms with Crippen LogP contribution in [0.4, 0.5) is 0 Å². The molecular weight excluding hydrogens is 414 g/mol. The smallest absolute Gasteiger partial charge is 0.126 e. The standard InChI is InChI=1S/C28H31NO4/c1-32-23-11-12-27-24(17-23)25(30)18-28(33-27)13-15-29(16-14-28)19-26(31)22-9-7-21(8-10-22)20-5-3-2-4-6-20/h2-12,17,25-26,30-31H,13-16,18-19H2,1H3/t25-,26+/m0/s1. The zero-order valence-electron chi connectivity index (χ0n) is 19.0. The molecule has 0 aromatic heterocycles. The van der Waals surface area contributed by atoms with Gasteiger partial charge in [-0.3, -0.25) is 0 Å². The molecule has 3 aromatic carbocycles. The maximum absolute atomic E-state index is 10.8. The summed E-state index contributed by atoms with van der Waals surface area (Å²) in [6.07, 6.45) is 1.16. The molecule has 0 bridgehead atoms. The van der Waals surface area contributed by atoms with Crippen LogP contribution < -0.4 is 9.47 Å². The summed E-state index contributed by atoms with van der Waals surface area (Å²) in [5.74, 6) is 1.48. The number of nitrogens with zero attached hydrogens (tertiary/aromatic N) is 1. The van der Waals surface area contributed by atoms with E-state index in [2.05, 4.69) is 29.2 Å². The molecular formula is C28H31NO4. The van der Waals surface area contributed by atoms with E-state index in [4.69, 9.17) is 9.47 Å². The fourth-order valence-electron chi connectivity index (χ4n) is 5.07. The minimum atomic E-state index is -0.552. The Balaban J connectivity index is 1.19. The summed E-state index contributed by atoms with van der Waals surface area (Å²) in [5, 5.41) is 21.6. The Hall–Kier alpha value is -2.86. The number of piperidine rings is 1. The van der Waals surface area contributed by atoms with Crippen molar-refractivity contribution in [1.29, 1.82) is 0 Å². The molecule has 0 amide bonds. The first kappa shape index (κ1) is 22.0. The third-order valence-corrected chi connectivity index (χ3v) is 7.07. The topological polar surface area (TPSA) is 62.2 Å². The Morgan fingerprint density at radius 3 is 2.39 bits per heavy atom. The molecule has 2 heterocycles. The quantitative estimate of drug-likeness (QED) is 0.594. The van der Waals surface area contributed by atoms with Crippen LogP contribution in [0.1, 0.15) is 42.6 Å². The molecule has 1 saturated heterocycles. The van der Waals surface area contributed by atoms with E-state index in [0.717, 1.165) is 54.1 Å². The molecule has 1 spiro atoms. The maximum Gasteiger partial charge on any atom is 0.126 e. The molecule has 0 aliphatic carbocycles. The number of hydrogen-bond donors (Lipinski definition) is 2. The molecule has 1 fully saturated rings. The largest absolute Gasteiger partial charge is 0.497 e. The summed E-state index contributed by atoms with van der Waals surface area (Å²) in [4.78, 5) is 2.29. The minimum Gasteiger partial charge on any atom is -0.497 e. The summed E-state index contributed by atoms with van der Waals surface area (Å²) >= 11 is 0. The first-order valence-corrected chi connectivity index (χ1v) is 11.7. The highest BCUT2D eigenvalue weighted by atomic mass is 16.5. The minimum absolute atomic E-state index is 0.347. The molecule has 2 N–H and O–H groups in total. The fraction of sp³-hybridized carbons (Fsp3) is 0.357. The van der Waals surface area contributed by atoms with Gasteiger partial charge < -0.3 is 24.6 Å². The maximum atomic E-state index is 10.8. The second-order valence-electron chi connectivity index (χ2n) is 9.21. The lowest BCUT2D eigenvalue weighted by Crippen LogP contribution is -2.51. The number of aliphatic hydroxyl groups is 2. The SMILES string of the molecule is COc1ccc2c(c1)[C@@H](O)CC1(CCN(C[C@@H](O)c3ccc(-c4ccccc4)cc3)CC1)O2. The number of benzene rings is 3. The molecule has 2 aliphatic rings. The number of likely N-dealkylation sites (tertiary alicyclic amines) is 1. The fourth-order valence-corrected chi connectivity index (χ4v) is 5.07. The number of β-amino-alcohol motifs (C(OH)–C–C–N with tert-alkyl or cyclic N) is 1. The van der Waals surface area contributed by atoms with Crippen molar-refractivity contribution in [3.8, 4) is 22.6 Å². The Labute approximate surface area is 195 Å². The summed E-state index contributed by atoms with van der Waals surface area (Å²) in [6.45, 7) is 2.26. The van der Waals surface area contributed by atoms with Gasteiger partial charge in [0, 0.05) is 31.6 Å².